The molecule has 0 bridgehead atoms. The summed E-state index contributed by atoms with van der Waals surface area (Å²) in [7, 11) is 0. The molecule has 1 fully saturated rings. The van der Waals surface area contributed by atoms with Crippen molar-refractivity contribution in [3.63, 3.8) is 0 Å². The Morgan fingerprint density at radius 2 is 2.20 bits per heavy atom. The Morgan fingerprint density at radius 1 is 1.47 bits per heavy atom. The quantitative estimate of drug-likeness (QED) is 0.787. The number of nitrogens with one attached hydrogen (secondary N) is 1. The lowest BCUT2D eigenvalue weighted by atomic mass is 9.86. The number of rotatable bonds is 3. The molecule has 82 valence electrons. The van der Waals surface area contributed by atoms with Crippen molar-refractivity contribution in [3.8, 4) is 0 Å². The lowest BCUT2D eigenvalue weighted by Gasteiger charge is -2.27. The average Bonchev–Trinajstić information content (AvgIpc) is 2.59. The highest BCUT2D eigenvalue weighted by Gasteiger charge is 2.37. The second kappa shape index (κ2) is 4.21. The largest absolute Gasteiger partial charge is 0.384 e. The molecule has 0 radical (unpaired) electrons. The number of benzene rings is 1. The van der Waals surface area contributed by atoms with Crippen LogP contribution in [-0.2, 0) is 4.74 Å². The normalized spacial score (nSPS) is 30.4. The topological polar surface area (TPSA) is 47.3 Å². The smallest absolute Gasteiger partial charge is 0.0624 e. The van der Waals surface area contributed by atoms with Crippen molar-refractivity contribution in [1.29, 1.82) is 0 Å². The van der Waals surface area contributed by atoms with Crippen molar-refractivity contribution < 1.29 is 4.74 Å². The SMILES string of the molecule is CC1(CNc2ccccc2)COCC1N. The molecule has 2 unspecified atom stereocenters. The lowest BCUT2D eigenvalue weighted by Crippen LogP contribution is -2.43. The lowest BCUT2D eigenvalue weighted by molar-refractivity contribution is 0.164. The van der Waals surface area contributed by atoms with Gasteiger partial charge in [-0.2, -0.15) is 0 Å². The maximum absolute atomic E-state index is 6.01. The van der Waals surface area contributed by atoms with Gasteiger partial charge in [0.1, 0.15) is 0 Å². The Labute approximate surface area is 90.6 Å². The van der Waals surface area contributed by atoms with Crippen molar-refractivity contribution >= 4 is 5.69 Å². The predicted molar refractivity (Wildman–Crippen MR) is 61.8 cm³/mol. The molecule has 2 rings (SSSR count). The molecule has 3 N–H and O–H groups in total. The molecule has 0 aromatic heterocycles. The van der Waals surface area contributed by atoms with E-state index in [1.165, 1.54) is 0 Å². The number of ether oxygens (including phenoxy) is 1. The van der Waals surface area contributed by atoms with Gasteiger partial charge < -0.3 is 15.8 Å². The van der Waals surface area contributed by atoms with Crippen LogP contribution in [-0.4, -0.2) is 25.8 Å². The fourth-order valence-electron chi connectivity index (χ4n) is 1.77. The van der Waals surface area contributed by atoms with Crippen LogP contribution in [0.1, 0.15) is 6.92 Å². The molecule has 3 nitrogen and oxygen atoms in total. The summed E-state index contributed by atoms with van der Waals surface area (Å²) in [5.41, 5.74) is 7.20. The van der Waals surface area contributed by atoms with E-state index in [9.17, 15) is 0 Å². The third-order valence-electron chi connectivity index (χ3n) is 3.09. The minimum atomic E-state index is 0.0514. The second-order valence-corrected chi connectivity index (χ2v) is 4.50. The van der Waals surface area contributed by atoms with Crippen LogP contribution in [0.3, 0.4) is 0 Å². The van der Waals surface area contributed by atoms with E-state index in [-0.39, 0.29) is 11.5 Å². The molecule has 1 aromatic carbocycles. The summed E-state index contributed by atoms with van der Waals surface area (Å²) in [5, 5.41) is 3.40. The Kier molecular flexibility index (Phi) is 2.93. The third kappa shape index (κ3) is 2.30. The molecule has 1 aliphatic heterocycles. The molecule has 3 heteroatoms. The molecule has 2 atom stereocenters. The number of hydrogen-bond donors (Lipinski definition) is 2. The van der Waals surface area contributed by atoms with Gasteiger partial charge in [0.2, 0.25) is 0 Å². The fraction of sp³-hybridized carbons (Fsp3) is 0.500. The Hall–Kier alpha value is -1.06. The van der Waals surface area contributed by atoms with E-state index in [1.54, 1.807) is 0 Å². The van der Waals surface area contributed by atoms with Crippen LogP contribution in [0.15, 0.2) is 30.3 Å². The van der Waals surface area contributed by atoms with Crippen LogP contribution in [0.25, 0.3) is 0 Å². The van der Waals surface area contributed by atoms with E-state index in [0.717, 1.165) is 18.8 Å². The molecule has 0 saturated carbocycles. The van der Waals surface area contributed by atoms with E-state index < -0.39 is 0 Å². The van der Waals surface area contributed by atoms with Crippen molar-refractivity contribution in [2.75, 3.05) is 25.1 Å². The molecule has 1 saturated heterocycles. The molecular formula is C12H18N2O. The summed E-state index contributed by atoms with van der Waals surface area (Å²) in [6.07, 6.45) is 0. The molecule has 15 heavy (non-hydrogen) atoms. The van der Waals surface area contributed by atoms with Crippen molar-refractivity contribution in [2.24, 2.45) is 11.1 Å². The van der Waals surface area contributed by atoms with E-state index >= 15 is 0 Å². The van der Waals surface area contributed by atoms with E-state index in [0.29, 0.717) is 6.61 Å². The second-order valence-electron chi connectivity index (χ2n) is 4.50. The van der Waals surface area contributed by atoms with E-state index in [1.807, 2.05) is 18.2 Å². The molecule has 1 aliphatic rings. The van der Waals surface area contributed by atoms with Gasteiger partial charge in [0.05, 0.1) is 13.2 Å². The van der Waals surface area contributed by atoms with Crippen LogP contribution in [0.4, 0.5) is 5.69 Å². The first-order valence-corrected chi connectivity index (χ1v) is 5.33. The molecular weight excluding hydrogens is 188 g/mol. The fourth-order valence-corrected chi connectivity index (χ4v) is 1.77. The maximum atomic E-state index is 6.01. The van der Waals surface area contributed by atoms with Gasteiger partial charge in [0.25, 0.3) is 0 Å². The number of nitrogens with two attached hydrogens (primary N) is 1. The van der Waals surface area contributed by atoms with Crippen LogP contribution < -0.4 is 11.1 Å². The Morgan fingerprint density at radius 3 is 2.80 bits per heavy atom. The first-order chi connectivity index (χ1) is 7.21. The Balaban J connectivity index is 1.93. The molecule has 0 aliphatic carbocycles. The van der Waals surface area contributed by atoms with Gasteiger partial charge in [-0.15, -0.1) is 0 Å². The van der Waals surface area contributed by atoms with Gasteiger partial charge in [-0.1, -0.05) is 25.1 Å². The highest BCUT2D eigenvalue weighted by Crippen LogP contribution is 2.27. The maximum Gasteiger partial charge on any atom is 0.0624 e. The summed E-state index contributed by atoms with van der Waals surface area (Å²) in [6.45, 7) is 4.44. The van der Waals surface area contributed by atoms with Gasteiger partial charge in [-0.25, -0.2) is 0 Å². The molecule has 1 heterocycles. The first-order valence-electron chi connectivity index (χ1n) is 5.33. The standard InChI is InChI=1S/C12H18N2O/c1-12(9-15-7-11(12)13)8-14-10-5-3-2-4-6-10/h2-6,11,14H,7-9,13H2,1H3. The highest BCUT2D eigenvalue weighted by atomic mass is 16.5. The van der Waals surface area contributed by atoms with Crippen molar-refractivity contribution in [1.82, 2.24) is 0 Å². The molecule has 1 aromatic rings. The highest BCUT2D eigenvalue weighted by molar-refractivity contribution is 5.42. The van der Waals surface area contributed by atoms with Gasteiger partial charge in [0.15, 0.2) is 0 Å². The van der Waals surface area contributed by atoms with Crippen LogP contribution >= 0.6 is 0 Å². The zero-order valence-electron chi connectivity index (χ0n) is 9.07. The summed E-state index contributed by atoms with van der Waals surface area (Å²) in [4.78, 5) is 0. The van der Waals surface area contributed by atoms with Crippen LogP contribution in [0.2, 0.25) is 0 Å². The van der Waals surface area contributed by atoms with Crippen LogP contribution in [0.5, 0.6) is 0 Å². The van der Waals surface area contributed by atoms with Crippen molar-refractivity contribution in [3.05, 3.63) is 30.3 Å². The number of hydrogen-bond acceptors (Lipinski definition) is 3. The number of anilines is 1. The van der Waals surface area contributed by atoms with E-state index in [4.69, 9.17) is 10.5 Å². The van der Waals surface area contributed by atoms with Gasteiger partial charge in [-0.3, -0.25) is 0 Å². The predicted octanol–water partition coefficient (Wildman–Crippen LogP) is 1.46. The third-order valence-corrected chi connectivity index (χ3v) is 3.09. The van der Waals surface area contributed by atoms with Gasteiger partial charge in [0, 0.05) is 23.7 Å². The summed E-state index contributed by atoms with van der Waals surface area (Å²) < 4.78 is 5.40. The Bertz CT molecular complexity index is 315. The summed E-state index contributed by atoms with van der Waals surface area (Å²) in [5.74, 6) is 0. The summed E-state index contributed by atoms with van der Waals surface area (Å²) in [6, 6.07) is 10.3. The monoisotopic (exact) mass is 206 g/mol. The van der Waals surface area contributed by atoms with Crippen molar-refractivity contribution in [2.45, 2.75) is 13.0 Å². The molecule has 0 spiro atoms. The summed E-state index contributed by atoms with van der Waals surface area (Å²) >= 11 is 0. The average molecular weight is 206 g/mol. The molecule has 0 amide bonds. The van der Waals surface area contributed by atoms with Gasteiger partial charge in [-0.05, 0) is 12.1 Å². The van der Waals surface area contributed by atoms with E-state index in [2.05, 4.69) is 24.4 Å². The minimum Gasteiger partial charge on any atom is -0.384 e. The first kappa shape index (κ1) is 10.5. The minimum absolute atomic E-state index is 0.0514. The number of para-hydroxylation sites is 1. The van der Waals surface area contributed by atoms with Gasteiger partial charge >= 0.3 is 0 Å². The zero-order valence-corrected chi connectivity index (χ0v) is 9.07. The van der Waals surface area contributed by atoms with Crippen LogP contribution in [0, 0.1) is 5.41 Å². The zero-order chi connectivity index (χ0) is 10.7.